The van der Waals surface area contributed by atoms with E-state index in [1.165, 1.54) is 19.6 Å². The fourth-order valence-corrected chi connectivity index (χ4v) is 3.84. The summed E-state index contributed by atoms with van der Waals surface area (Å²) in [5.41, 5.74) is 2.28. The van der Waals surface area contributed by atoms with Gasteiger partial charge in [0.2, 0.25) is 0 Å². The van der Waals surface area contributed by atoms with Crippen molar-refractivity contribution in [2.75, 3.05) is 0 Å². The predicted molar refractivity (Wildman–Crippen MR) is 88.2 cm³/mol. The minimum absolute atomic E-state index is 0.843. The van der Waals surface area contributed by atoms with Gasteiger partial charge in [-0.3, -0.25) is 0 Å². The summed E-state index contributed by atoms with van der Waals surface area (Å²) in [6, 6.07) is 12.5. The first kappa shape index (κ1) is 13.9. The molecule has 0 saturated heterocycles. The maximum atomic E-state index is 5.91. The number of hydrogen-bond donors (Lipinski definition) is 1. The number of fused-ring (bicyclic) bond motifs is 1. The Balaban J connectivity index is 1.76. The highest BCUT2D eigenvalue weighted by molar-refractivity contribution is 9.11. The van der Waals surface area contributed by atoms with Crippen molar-refractivity contribution in [3.8, 4) is 0 Å². The molecule has 0 fully saturated rings. The van der Waals surface area contributed by atoms with Gasteiger partial charge in [-0.1, -0.05) is 25.1 Å². The minimum atomic E-state index is 0.843. The number of hydrogen-bond acceptors (Lipinski definition) is 3. The molecular formula is C16H16BrNOS. The van der Waals surface area contributed by atoms with Crippen LogP contribution in [0, 0.1) is 0 Å². The molecule has 2 aromatic heterocycles. The van der Waals surface area contributed by atoms with Gasteiger partial charge in [0.05, 0.1) is 3.79 Å². The van der Waals surface area contributed by atoms with E-state index in [-0.39, 0.29) is 0 Å². The molecular weight excluding hydrogens is 334 g/mol. The van der Waals surface area contributed by atoms with E-state index in [9.17, 15) is 0 Å². The number of rotatable bonds is 5. The number of aryl methyl sites for hydroxylation is 1. The summed E-state index contributed by atoms with van der Waals surface area (Å²) in [5, 5.41) is 4.74. The van der Waals surface area contributed by atoms with E-state index in [0.717, 1.165) is 30.9 Å². The quantitative estimate of drug-likeness (QED) is 0.692. The third-order valence-electron chi connectivity index (χ3n) is 3.33. The zero-order chi connectivity index (χ0) is 13.9. The van der Waals surface area contributed by atoms with Crippen LogP contribution in [0.5, 0.6) is 0 Å². The molecule has 2 nitrogen and oxygen atoms in total. The molecule has 0 aliphatic heterocycles. The Morgan fingerprint density at radius 2 is 2.00 bits per heavy atom. The first-order valence-electron chi connectivity index (χ1n) is 6.72. The van der Waals surface area contributed by atoms with Crippen molar-refractivity contribution in [3.05, 3.63) is 56.4 Å². The molecule has 0 bridgehead atoms. The third-order valence-corrected chi connectivity index (χ3v) is 4.96. The van der Waals surface area contributed by atoms with Gasteiger partial charge in [0.1, 0.15) is 11.3 Å². The molecule has 0 radical (unpaired) electrons. The van der Waals surface area contributed by atoms with Crippen molar-refractivity contribution in [2.45, 2.75) is 26.4 Å². The maximum absolute atomic E-state index is 5.91. The molecule has 4 heteroatoms. The van der Waals surface area contributed by atoms with Gasteiger partial charge in [-0.05, 0) is 34.1 Å². The minimum Gasteiger partial charge on any atom is -0.461 e. The molecule has 0 saturated carbocycles. The highest BCUT2D eigenvalue weighted by Crippen LogP contribution is 2.26. The van der Waals surface area contributed by atoms with Crippen LogP contribution in [0.2, 0.25) is 0 Å². The zero-order valence-electron chi connectivity index (χ0n) is 11.3. The average molecular weight is 350 g/mol. The fourth-order valence-electron chi connectivity index (χ4n) is 2.39. The largest absolute Gasteiger partial charge is 0.461 e. The second kappa shape index (κ2) is 6.12. The summed E-state index contributed by atoms with van der Waals surface area (Å²) in [7, 11) is 0. The third kappa shape index (κ3) is 2.82. The Hall–Kier alpha value is -1.10. The van der Waals surface area contributed by atoms with E-state index in [0.29, 0.717) is 0 Å². The van der Waals surface area contributed by atoms with E-state index >= 15 is 0 Å². The van der Waals surface area contributed by atoms with Crippen molar-refractivity contribution >= 4 is 38.2 Å². The van der Waals surface area contributed by atoms with Gasteiger partial charge in [-0.15, -0.1) is 11.3 Å². The highest BCUT2D eigenvalue weighted by Gasteiger charge is 2.11. The molecule has 20 heavy (non-hydrogen) atoms. The average Bonchev–Trinajstić information content (AvgIpc) is 3.03. The van der Waals surface area contributed by atoms with Crippen LogP contribution in [0.1, 0.15) is 23.1 Å². The molecule has 0 amide bonds. The summed E-state index contributed by atoms with van der Waals surface area (Å²) in [6.45, 7) is 3.87. The lowest BCUT2D eigenvalue weighted by Crippen LogP contribution is -2.12. The lowest BCUT2D eigenvalue weighted by molar-refractivity contribution is 0.544. The van der Waals surface area contributed by atoms with Crippen molar-refractivity contribution in [3.63, 3.8) is 0 Å². The zero-order valence-corrected chi connectivity index (χ0v) is 13.7. The number of benzene rings is 1. The standard InChI is InChI=1S/C16H16BrNOS/c1-2-14-13(12-5-3-4-6-15(12)19-14)10-18-9-11-7-8-16(17)20-11/h3-8,18H,2,9-10H2,1H3. The summed E-state index contributed by atoms with van der Waals surface area (Å²) in [6.07, 6.45) is 0.927. The highest BCUT2D eigenvalue weighted by atomic mass is 79.9. The van der Waals surface area contributed by atoms with Gasteiger partial charge in [0.15, 0.2) is 0 Å². The lowest BCUT2D eigenvalue weighted by atomic mass is 10.1. The van der Waals surface area contributed by atoms with Crippen molar-refractivity contribution in [1.29, 1.82) is 0 Å². The Labute approximate surface area is 130 Å². The molecule has 0 aliphatic rings. The van der Waals surface area contributed by atoms with E-state index in [1.807, 2.05) is 12.1 Å². The Morgan fingerprint density at radius 1 is 1.15 bits per heavy atom. The summed E-state index contributed by atoms with van der Waals surface area (Å²) >= 11 is 5.26. The topological polar surface area (TPSA) is 25.2 Å². The first-order valence-corrected chi connectivity index (χ1v) is 8.33. The molecule has 0 aliphatic carbocycles. The predicted octanol–water partition coefficient (Wildman–Crippen LogP) is 5.11. The molecule has 0 unspecified atom stereocenters. The SMILES string of the molecule is CCc1oc2ccccc2c1CNCc1ccc(Br)s1. The fraction of sp³-hybridized carbons (Fsp3) is 0.250. The van der Waals surface area contributed by atoms with Crippen LogP contribution < -0.4 is 5.32 Å². The second-order valence-corrected chi connectivity index (χ2v) is 7.21. The van der Waals surface area contributed by atoms with Gasteiger partial charge in [-0.25, -0.2) is 0 Å². The van der Waals surface area contributed by atoms with Crippen LogP contribution in [-0.2, 0) is 19.5 Å². The second-order valence-electron chi connectivity index (χ2n) is 4.66. The molecule has 1 N–H and O–H groups in total. The van der Waals surface area contributed by atoms with Crippen molar-refractivity contribution in [2.24, 2.45) is 0 Å². The smallest absolute Gasteiger partial charge is 0.134 e. The number of para-hydroxylation sites is 1. The first-order chi connectivity index (χ1) is 9.78. The normalized spacial score (nSPS) is 11.3. The number of nitrogens with one attached hydrogen (secondary N) is 1. The van der Waals surface area contributed by atoms with Crippen LogP contribution in [0.4, 0.5) is 0 Å². The van der Waals surface area contributed by atoms with E-state index in [1.54, 1.807) is 11.3 Å². The Morgan fingerprint density at radius 3 is 2.75 bits per heavy atom. The van der Waals surface area contributed by atoms with Gasteiger partial charge < -0.3 is 9.73 Å². The van der Waals surface area contributed by atoms with Crippen LogP contribution in [0.25, 0.3) is 11.0 Å². The monoisotopic (exact) mass is 349 g/mol. The molecule has 3 aromatic rings. The molecule has 3 rings (SSSR count). The molecule has 0 atom stereocenters. The molecule has 104 valence electrons. The van der Waals surface area contributed by atoms with Crippen LogP contribution in [0.3, 0.4) is 0 Å². The molecule has 1 aromatic carbocycles. The summed E-state index contributed by atoms with van der Waals surface area (Å²) in [5.74, 6) is 1.09. The number of furan rings is 1. The maximum Gasteiger partial charge on any atom is 0.134 e. The van der Waals surface area contributed by atoms with Crippen LogP contribution in [-0.4, -0.2) is 0 Å². The van der Waals surface area contributed by atoms with E-state index in [4.69, 9.17) is 4.42 Å². The van der Waals surface area contributed by atoms with Gasteiger partial charge in [0, 0.05) is 35.3 Å². The lowest BCUT2D eigenvalue weighted by Gasteiger charge is -2.03. The number of thiophene rings is 1. The Bertz CT molecular complexity index is 716. The molecule has 0 spiro atoms. The Kier molecular flexibility index (Phi) is 4.24. The van der Waals surface area contributed by atoms with Gasteiger partial charge in [-0.2, -0.15) is 0 Å². The van der Waals surface area contributed by atoms with Crippen LogP contribution in [0.15, 0.2) is 44.6 Å². The molecule has 2 heterocycles. The summed E-state index contributed by atoms with van der Waals surface area (Å²) in [4.78, 5) is 1.34. The van der Waals surface area contributed by atoms with Crippen molar-refractivity contribution in [1.82, 2.24) is 5.32 Å². The van der Waals surface area contributed by atoms with Gasteiger partial charge >= 0.3 is 0 Å². The van der Waals surface area contributed by atoms with E-state index < -0.39 is 0 Å². The van der Waals surface area contributed by atoms with Gasteiger partial charge in [0.25, 0.3) is 0 Å². The number of halogens is 1. The van der Waals surface area contributed by atoms with Crippen LogP contribution >= 0.6 is 27.3 Å². The van der Waals surface area contributed by atoms with E-state index in [2.05, 4.69) is 52.4 Å². The van der Waals surface area contributed by atoms with Crippen molar-refractivity contribution < 1.29 is 4.42 Å². The summed E-state index contributed by atoms with van der Waals surface area (Å²) < 4.78 is 7.09.